The fraction of sp³-hybridized carbons (Fsp3) is 0.550. The number of urea groups is 1. The number of benzene rings is 1. The van der Waals surface area contributed by atoms with Gasteiger partial charge in [-0.05, 0) is 50.9 Å². The Morgan fingerprint density at radius 1 is 1.28 bits per heavy atom. The summed E-state index contributed by atoms with van der Waals surface area (Å²) in [5, 5.41) is 4.13. The lowest BCUT2D eigenvalue weighted by molar-refractivity contribution is 0.184. The van der Waals surface area contributed by atoms with Crippen LogP contribution < -0.4 is 5.32 Å². The number of carbonyl (C=O) groups is 1. The standard InChI is InChI=1S/C20H29N3O2/c1-15(14-23-10-6-7-11-23)13-21-20(24)22(3)16(2)19-12-17-8-4-5-9-18(17)25-19/h4-5,8-9,12,15-16H,6-7,10-11,13-14H2,1-3H3,(H,21,24). The molecule has 2 unspecified atom stereocenters. The molecule has 0 saturated carbocycles. The number of fused-ring (bicyclic) bond motifs is 1. The molecule has 0 aliphatic carbocycles. The first kappa shape index (κ1) is 17.8. The fourth-order valence-corrected chi connectivity index (χ4v) is 3.43. The minimum atomic E-state index is -0.110. The van der Waals surface area contributed by atoms with Gasteiger partial charge in [0, 0.05) is 25.5 Å². The fourth-order valence-electron chi connectivity index (χ4n) is 3.43. The maximum Gasteiger partial charge on any atom is 0.317 e. The van der Waals surface area contributed by atoms with Crippen LogP contribution in [0.25, 0.3) is 11.0 Å². The van der Waals surface area contributed by atoms with Crippen molar-refractivity contribution in [2.24, 2.45) is 5.92 Å². The average Bonchev–Trinajstić information content (AvgIpc) is 3.27. The van der Waals surface area contributed by atoms with Gasteiger partial charge in [-0.25, -0.2) is 4.79 Å². The predicted molar refractivity (Wildman–Crippen MR) is 101 cm³/mol. The summed E-state index contributed by atoms with van der Waals surface area (Å²) < 4.78 is 5.89. The Labute approximate surface area is 150 Å². The molecule has 0 radical (unpaired) electrons. The average molecular weight is 343 g/mol. The molecule has 5 heteroatoms. The van der Waals surface area contributed by atoms with Crippen molar-refractivity contribution >= 4 is 17.0 Å². The summed E-state index contributed by atoms with van der Waals surface area (Å²) in [5.41, 5.74) is 0.859. The Bertz CT molecular complexity index is 673. The van der Waals surface area contributed by atoms with E-state index in [2.05, 4.69) is 17.1 Å². The Hall–Kier alpha value is -2.01. The van der Waals surface area contributed by atoms with Crippen LogP contribution in [0.3, 0.4) is 0 Å². The first-order valence-electron chi connectivity index (χ1n) is 9.26. The minimum Gasteiger partial charge on any atom is -0.459 e. The van der Waals surface area contributed by atoms with Crippen LogP contribution >= 0.6 is 0 Å². The molecule has 25 heavy (non-hydrogen) atoms. The second-order valence-electron chi connectivity index (χ2n) is 7.27. The predicted octanol–water partition coefficient (Wildman–Crippen LogP) is 3.87. The monoisotopic (exact) mass is 343 g/mol. The normalized spacial score (nSPS) is 17.6. The van der Waals surface area contributed by atoms with Gasteiger partial charge in [-0.3, -0.25) is 0 Å². The van der Waals surface area contributed by atoms with Crippen LogP contribution in [0.1, 0.15) is 38.5 Å². The van der Waals surface area contributed by atoms with Crippen LogP contribution in [-0.2, 0) is 0 Å². The summed E-state index contributed by atoms with van der Waals surface area (Å²) in [6.45, 7) is 8.34. The highest BCUT2D eigenvalue weighted by atomic mass is 16.3. The molecular weight excluding hydrogens is 314 g/mol. The molecule has 2 atom stereocenters. The molecule has 0 spiro atoms. The van der Waals surface area contributed by atoms with Crippen molar-refractivity contribution in [3.05, 3.63) is 36.1 Å². The smallest absolute Gasteiger partial charge is 0.317 e. The van der Waals surface area contributed by atoms with Crippen molar-refractivity contribution in [3.63, 3.8) is 0 Å². The van der Waals surface area contributed by atoms with Gasteiger partial charge >= 0.3 is 6.03 Å². The molecule has 0 bridgehead atoms. The highest BCUT2D eigenvalue weighted by Gasteiger charge is 2.21. The van der Waals surface area contributed by atoms with Crippen molar-refractivity contribution in [2.75, 3.05) is 33.2 Å². The van der Waals surface area contributed by atoms with Crippen LogP contribution in [0.5, 0.6) is 0 Å². The summed E-state index contributed by atoms with van der Waals surface area (Å²) in [7, 11) is 1.82. The van der Waals surface area contributed by atoms with E-state index < -0.39 is 0 Å². The van der Waals surface area contributed by atoms with Crippen LogP contribution in [0.4, 0.5) is 4.79 Å². The van der Waals surface area contributed by atoms with Gasteiger partial charge in [0.15, 0.2) is 0 Å². The van der Waals surface area contributed by atoms with Crippen LogP contribution in [-0.4, -0.2) is 49.1 Å². The first-order chi connectivity index (χ1) is 12.0. The number of likely N-dealkylation sites (tertiary alicyclic amines) is 1. The van der Waals surface area contributed by atoms with E-state index in [1.807, 2.05) is 44.3 Å². The number of rotatable bonds is 6. The Morgan fingerprint density at radius 2 is 2.00 bits per heavy atom. The number of hydrogen-bond donors (Lipinski definition) is 1. The second kappa shape index (κ2) is 7.91. The SMILES string of the molecule is CC(CNC(=O)N(C)C(C)c1cc2ccccc2o1)CN1CCCC1. The molecule has 1 aliphatic heterocycles. The number of amides is 2. The van der Waals surface area contributed by atoms with Crippen molar-refractivity contribution in [3.8, 4) is 0 Å². The number of para-hydroxylation sites is 1. The number of carbonyl (C=O) groups excluding carboxylic acids is 1. The molecular formula is C20H29N3O2. The molecule has 3 rings (SSSR count). The molecule has 5 nitrogen and oxygen atoms in total. The van der Waals surface area contributed by atoms with Gasteiger partial charge in [-0.15, -0.1) is 0 Å². The molecule has 1 fully saturated rings. The molecule has 2 amide bonds. The summed E-state index contributed by atoms with van der Waals surface area (Å²) in [4.78, 5) is 16.7. The van der Waals surface area contributed by atoms with Crippen molar-refractivity contribution < 1.29 is 9.21 Å². The van der Waals surface area contributed by atoms with Gasteiger partial charge in [0.2, 0.25) is 0 Å². The molecule has 1 aromatic heterocycles. The van der Waals surface area contributed by atoms with E-state index in [-0.39, 0.29) is 12.1 Å². The summed E-state index contributed by atoms with van der Waals surface area (Å²) in [5.74, 6) is 1.26. The zero-order chi connectivity index (χ0) is 17.8. The molecule has 2 aromatic rings. The summed E-state index contributed by atoms with van der Waals surface area (Å²) in [6, 6.07) is 9.77. The van der Waals surface area contributed by atoms with Crippen LogP contribution in [0.15, 0.2) is 34.7 Å². The van der Waals surface area contributed by atoms with Gasteiger partial charge in [0.05, 0.1) is 6.04 Å². The van der Waals surface area contributed by atoms with E-state index in [4.69, 9.17) is 4.42 Å². The van der Waals surface area contributed by atoms with E-state index in [0.717, 1.165) is 23.3 Å². The Kier molecular flexibility index (Phi) is 5.63. The van der Waals surface area contributed by atoms with E-state index in [1.54, 1.807) is 4.90 Å². The van der Waals surface area contributed by atoms with Gasteiger partial charge in [0.1, 0.15) is 11.3 Å². The Balaban J connectivity index is 1.52. The molecule has 136 valence electrons. The number of nitrogens with zero attached hydrogens (tertiary/aromatic N) is 2. The van der Waals surface area contributed by atoms with Crippen molar-refractivity contribution in [1.29, 1.82) is 0 Å². The molecule has 1 saturated heterocycles. The van der Waals surface area contributed by atoms with E-state index in [9.17, 15) is 4.79 Å². The zero-order valence-electron chi connectivity index (χ0n) is 15.5. The molecule has 1 aromatic carbocycles. The number of furan rings is 1. The number of nitrogens with one attached hydrogen (secondary N) is 1. The lowest BCUT2D eigenvalue weighted by Gasteiger charge is -2.25. The third-order valence-corrected chi connectivity index (χ3v) is 5.13. The largest absolute Gasteiger partial charge is 0.459 e. The lowest BCUT2D eigenvalue weighted by Crippen LogP contribution is -2.42. The third-order valence-electron chi connectivity index (χ3n) is 5.13. The van der Waals surface area contributed by atoms with Crippen molar-refractivity contribution in [2.45, 2.75) is 32.7 Å². The van der Waals surface area contributed by atoms with Gasteiger partial charge < -0.3 is 19.5 Å². The molecule has 1 aliphatic rings. The van der Waals surface area contributed by atoms with Gasteiger partial charge in [0.25, 0.3) is 0 Å². The van der Waals surface area contributed by atoms with Crippen LogP contribution in [0.2, 0.25) is 0 Å². The van der Waals surface area contributed by atoms with E-state index in [0.29, 0.717) is 12.5 Å². The maximum atomic E-state index is 12.5. The second-order valence-corrected chi connectivity index (χ2v) is 7.27. The summed E-state index contributed by atoms with van der Waals surface area (Å²) >= 11 is 0. The first-order valence-corrected chi connectivity index (χ1v) is 9.26. The lowest BCUT2D eigenvalue weighted by atomic mass is 10.1. The van der Waals surface area contributed by atoms with E-state index in [1.165, 1.54) is 25.9 Å². The highest BCUT2D eigenvalue weighted by Crippen LogP contribution is 2.26. The number of hydrogen-bond acceptors (Lipinski definition) is 3. The van der Waals surface area contributed by atoms with Gasteiger partial charge in [-0.1, -0.05) is 25.1 Å². The zero-order valence-corrected chi connectivity index (χ0v) is 15.5. The van der Waals surface area contributed by atoms with Crippen molar-refractivity contribution in [1.82, 2.24) is 15.1 Å². The van der Waals surface area contributed by atoms with Gasteiger partial charge in [-0.2, -0.15) is 0 Å². The quantitative estimate of drug-likeness (QED) is 0.866. The Morgan fingerprint density at radius 3 is 2.72 bits per heavy atom. The molecule has 1 N–H and O–H groups in total. The minimum absolute atomic E-state index is 0.0544. The topological polar surface area (TPSA) is 48.7 Å². The maximum absolute atomic E-state index is 12.5. The summed E-state index contributed by atoms with van der Waals surface area (Å²) in [6.07, 6.45) is 2.60. The van der Waals surface area contributed by atoms with Crippen LogP contribution in [0, 0.1) is 5.92 Å². The molecule has 2 heterocycles. The third kappa shape index (κ3) is 4.34. The van der Waals surface area contributed by atoms with E-state index >= 15 is 0 Å². The highest BCUT2D eigenvalue weighted by molar-refractivity contribution is 5.78.